The number of phenols is 1. The number of nitrogens with zero attached hydrogens (tertiary/aromatic N) is 3. The third-order valence-corrected chi connectivity index (χ3v) is 6.88. The van der Waals surface area contributed by atoms with Crippen molar-refractivity contribution in [3.63, 3.8) is 0 Å². The van der Waals surface area contributed by atoms with Crippen molar-refractivity contribution < 1.29 is 9.84 Å². The van der Waals surface area contributed by atoms with Crippen molar-refractivity contribution in [1.82, 2.24) is 9.88 Å². The fourth-order valence-corrected chi connectivity index (χ4v) is 4.96. The van der Waals surface area contributed by atoms with E-state index in [-0.39, 0.29) is 5.75 Å². The average Bonchev–Trinajstić information content (AvgIpc) is 2.81. The molecular weight excluding hydrogens is 410 g/mol. The predicted molar refractivity (Wildman–Crippen MR) is 126 cm³/mol. The lowest BCUT2D eigenvalue weighted by atomic mass is 9.95. The summed E-state index contributed by atoms with van der Waals surface area (Å²) in [7, 11) is 0. The molecule has 0 amide bonds. The summed E-state index contributed by atoms with van der Waals surface area (Å²) in [4.78, 5) is 9.65. The van der Waals surface area contributed by atoms with Gasteiger partial charge in [0.2, 0.25) is 0 Å². The first-order chi connectivity index (χ1) is 15.2. The van der Waals surface area contributed by atoms with Gasteiger partial charge in [0.25, 0.3) is 0 Å². The van der Waals surface area contributed by atoms with Gasteiger partial charge in [0, 0.05) is 50.0 Å². The van der Waals surface area contributed by atoms with Crippen LogP contribution in [0.1, 0.15) is 12.8 Å². The van der Waals surface area contributed by atoms with Gasteiger partial charge in [0.1, 0.15) is 5.75 Å². The molecule has 5 nitrogen and oxygen atoms in total. The van der Waals surface area contributed by atoms with E-state index in [1.165, 1.54) is 25.1 Å². The van der Waals surface area contributed by atoms with Gasteiger partial charge >= 0.3 is 0 Å². The van der Waals surface area contributed by atoms with Gasteiger partial charge in [-0.1, -0.05) is 23.7 Å². The molecule has 3 aromatic rings. The molecule has 0 radical (unpaired) electrons. The third kappa shape index (κ3) is 4.49. The molecule has 162 valence electrons. The highest BCUT2D eigenvalue weighted by Gasteiger charge is 2.23. The average molecular weight is 438 g/mol. The van der Waals surface area contributed by atoms with Gasteiger partial charge in [0.15, 0.2) is 0 Å². The van der Waals surface area contributed by atoms with E-state index < -0.39 is 0 Å². The molecule has 2 aliphatic heterocycles. The topological polar surface area (TPSA) is 48.8 Å². The Balaban J connectivity index is 1.35. The second-order valence-corrected chi connectivity index (χ2v) is 8.98. The minimum atomic E-state index is 0.105. The maximum absolute atomic E-state index is 9.74. The van der Waals surface area contributed by atoms with Crippen molar-refractivity contribution in [2.24, 2.45) is 5.92 Å². The van der Waals surface area contributed by atoms with Crippen molar-refractivity contribution in [3.8, 4) is 16.9 Å². The van der Waals surface area contributed by atoms with Crippen LogP contribution in [-0.2, 0) is 4.74 Å². The molecule has 2 saturated heterocycles. The van der Waals surface area contributed by atoms with E-state index in [0.717, 1.165) is 67.3 Å². The zero-order chi connectivity index (χ0) is 21.2. The van der Waals surface area contributed by atoms with E-state index in [4.69, 9.17) is 16.3 Å². The summed E-state index contributed by atoms with van der Waals surface area (Å²) >= 11 is 6.14. The number of fused-ring (bicyclic) bond motifs is 1. The van der Waals surface area contributed by atoms with Gasteiger partial charge in [-0.05, 0) is 60.2 Å². The fourth-order valence-electron chi connectivity index (χ4n) is 4.78. The number of aromatic hydroxyl groups is 1. The zero-order valence-corrected chi connectivity index (χ0v) is 18.4. The first-order valence-electron chi connectivity index (χ1n) is 11.1. The van der Waals surface area contributed by atoms with Crippen LogP contribution in [0.3, 0.4) is 0 Å². The highest BCUT2D eigenvalue weighted by molar-refractivity contribution is 6.32. The molecule has 0 spiro atoms. The molecule has 6 heteroatoms. The molecular formula is C25H28ClN3O2. The van der Waals surface area contributed by atoms with E-state index in [0.29, 0.717) is 5.02 Å². The molecule has 0 saturated carbocycles. The van der Waals surface area contributed by atoms with Gasteiger partial charge in [-0.15, -0.1) is 0 Å². The summed E-state index contributed by atoms with van der Waals surface area (Å²) in [6, 6.07) is 13.8. The Kier molecular flexibility index (Phi) is 5.99. The second kappa shape index (κ2) is 9.03. The van der Waals surface area contributed by atoms with Crippen LogP contribution in [0.25, 0.3) is 22.0 Å². The molecule has 2 fully saturated rings. The Morgan fingerprint density at radius 2 is 1.71 bits per heavy atom. The van der Waals surface area contributed by atoms with E-state index in [2.05, 4.69) is 39.0 Å². The van der Waals surface area contributed by atoms with Gasteiger partial charge in [-0.2, -0.15) is 0 Å². The van der Waals surface area contributed by atoms with Crippen LogP contribution in [0.15, 0.2) is 48.7 Å². The molecule has 3 heterocycles. The SMILES string of the molecule is Oc1ccc(-c2ccc3nccc(N4CCC(CN5CCOCC5)CC4)c3c2)cc1Cl. The standard InChI is InChI=1S/C25H28ClN3O2/c26-22-16-20(2-4-25(22)30)19-1-3-23-21(15-19)24(5-8-27-23)29-9-6-18(7-10-29)17-28-11-13-31-14-12-28/h1-5,8,15-16,18,30H,6-7,9-14,17H2. The van der Waals surface area contributed by atoms with Crippen molar-refractivity contribution in [2.45, 2.75) is 12.8 Å². The first kappa shape index (κ1) is 20.6. The van der Waals surface area contributed by atoms with Crippen LogP contribution in [-0.4, -0.2) is 60.9 Å². The number of hydrogen-bond donors (Lipinski definition) is 1. The normalized spacial score (nSPS) is 18.5. The van der Waals surface area contributed by atoms with Crippen LogP contribution < -0.4 is 4.90 Å². The van der Waals surface area contributed by atoms with Gasteiger partial charge in [-0.3, -0.25) is 9.88 Å². The highest BCUT2D eigenvalue weighted by Crippen LogP contribution is 2.34. The third-order valence-electron chi connectivity index (χ3n) is 6.57. The van der Waals surface area contributed by atoms with Crippen LogP contribution in [0.5, 0.6) is 5.75 Å². The van der Waals surface area contributed by atoms with Crippen molar-refractivity contribution in [2.75, 3.05) is 50.8 Å². The highest BCUT2D eigenvalue weighted by atomic mass is 35.5. The number of piperidine rings is 1. The minimum Gasteiger partial charge on any atom is -0.506 e. The summed E-state index contributed by atoms with van der Waals surface area (Å²) in [6.45, 7) is 7.22. The number of phenolic OH excluding ortho intramolecular Hbond substituents is 1. The molecule has 5 rings (SSSR count). The zero-order valence-electron chi connectivity index (χ0n) is 17.6. The van der Waals surface area contributed by atoms with E-state index in [9.17, 15) is 5.11 Å². The maximum atomic E-state index is 9.74. The smallest absolute Gasteiger partial charge is 0.134 e. The molecule has 2 aliphatic rings. The van der Waals surface area contributed by atoms with E-state index in [1.54, 1.807) is 6.07 Å². The Morgan fingerprint density at radius 3 is 2.48 bits per heavy atom. The van der Waals surface area contributed by atoms with E-state index in [1.807, 2.05) is 18.3 Å². The van der Waals surface area contributed by atoms with Crippen molar-refractivity contribution in [1.29, 1.82) is 0 Å². The lowest BCUT2D eigenvalue weighted by Gasteiger charge is -2.37. The van der Waals surface area contributed by atoms with Crippen LogP contribution in [0.4, 0.5) is 5.69 Å². The Bertz CT molecular complexity index is 1060. The van der Waals surface area contributed by atoms with Crippen LogP contribution >= 0.6 is 11.6 Å². The van der Waals surface area contributed by atoms with Gasteiger partial charge in [0.05, 0.1) is 23.8 Å². The Hall–Kier alpha value is -2.34. The molecule has 31 heavy (non-hydrogen) atoms. The Morgan fingerprint density at radius 1 is 0.968 bits per heavy atom. The summed E-state index contributed by atoms with van der Waals surface area (Å²) in [5, 5.41) is 11.3. The number of aromatic nitrogens is 1. The largest absolute Gasteiger partial charge is 0.506 e. The number of ether oxygens (including phenoxy) is 1. The number of morpholine rings is 1. The summed E-state index contributed by atoms with van der Waals surface area (Å²) < 4.78 is 5.48. The number of rotatable bonds is 4. The quantitative estimate of drug-likeness (QED) is 0.634. The summed E-state index contributed by atoms with van der Waals surface area (Å²) in [5.41, 5.74) is 4.32. The Labute approximate surface area is 188 Å². The number of pyridine rings is 1. The van der Waals surface area contributed by atoms with Crippen molar-refractivity contribution >= 4 is 28.2 Å². The number of halogens is 1. The van der Waals surface area contributed by atoms with E-state index >= 15 is 0 Å². The first-order valence-corrected chi connectivity index (χ1v) is 11.5. The van der Waals surface area contributed by atoms with Gasteiger partial charge < -0.3 is 14.7 Å². The van der Waals surface area contributed by atoms with Crippen molar-refractivity contribution in [3.05, 3.63) is 53.7 Å². The minimum absolute atomic E-state index is 0.105. The molecule has 1 aromatic heterocycles. The fraction of sp³-hybridized carbons (Fsp3) is 0.400. The lowest BCUT2D eigenvalue weighted by Crippen LogP contribution is -2.43. The summed E-state index contributed by atoms with van der Waals surface area (Å²) in [6.07, 6.45) is 4.34. The molecule has 1 N–H and O–H groups in total. The second-order valence-electron chi connectivity index (χ2n) is 8.57. The number of hydrogen-bond acceptors (Lipinski definition) is 5. The number of benzene rings is 2. The maximum Gasteiger partial charge on any atom is 0.134 e. The molecule has 0 atom stereocenters. The summed E-state index contributed by atoms with van der Waals surface area (Å²) in [5.74, 6) is 0.866. The lowest BCUT2D eigenvalue weighted by molar-refractivity contribution is 0.0289. The monoisotopic (exact) mass is 437 g/mol. The van der Waals surface area contributed by atoms with Crippen LogP contribution in [0, 0.1) is 5.92 Å². The molecule has 0 unspecified atom stereocenters. The molecule has 0 aliphatic carbocycles. The predicted octanol–water partition coefficient (Wildman–Crippen LogP) is 4.81. The molecule has 0 bridgehead atoms. The van der Waals surface area contributed by atoms with Crippen LogP contribution in [0.2, 0.25) is 5.02 Å². The molecule has 2 aromatic carbocycles. The number of anilines is 1. The van der Waals surface area contributed by atoms with Gasteiger partial charge in [-0.25, -0.2) is 0 Å².